The SMILES string of the molecule is CC(NC(=O)CC(C)C1CCCNC1)c1nncn1C. The first kappa shape index (κ1) is 15.0. The van der Waals surface area contributed by atoms with Gasteiger partial charge in [0.25, 0.3) is 0 Å². The second-order valence-electron chi connectivity index (χ2n) is 5.88. The smallest absolute Gasteiger partial charge is 0.220 e. The highest BCUT2D eigenvalue weighted by atomic mass is 16.1. The van der Waals surface area contributed by atoms with Gasteiger partial charge < -0.3 is 15.2 Å². The number of piperidine rings is 1. The third kappa shape index (κ3) is 3.79. The number of hydrogen-bond donors (Lipinski definition) is 2. The molecule has 1 aromatic heterocycles. The van der Waals surface area contributed by atoms with Crippen molar-refractivity contribution in [1.82, 2.24) is 25.4 Å². The largest absolute Gasteiger partial charge is 0.346 e. The van der Waals surface area contributed by atoms with E-state index in [9.17, 15) is 4.79 Å². The second kappa shape index (κ2) is 6.83. The summed E-state index contributed by atoms with van der Waals surface area (Å²) < 4.78 is 1.83. The van der Waals surface area contributed by atoms with Crippen molar-refractivity contribution >= 4 is 5.91 Å². The van der Waals surface area contributed by atoms with Crippen molar-refractivity contribution in [2.45, 2.75) is 39.2 Å². The number of aromatic nitrogens is 3. The molecule has 2 N–H and O–H groups in total. The van der Waals surface area contributed by atoms with Crippen LogP contribution in [0.2, 0.25) is 0 Å². The van der Waals surface area contributed by atoms with Crippen molar-refractivity contribution in [1.29, 1.82) is 0 Å². The third-order valence-corrected chi connectivity index (χ3v) is 4.16. The van der Waals surface area contributed by atoms with Gasteiger partial charge in [0.15, 0.2) is 5.82 Å². The summed E-state index contributed by atoms with van der Waals surface area (Å²) >= 11 is 0. The minimum atomic E-state index is -0.105. The zero-order valence-electron chi connectivity index (χ0n) is 12.6. The minimum absolute atomic E-state index is 0.0959. The molecule has 0 aromatic carbocycles. The van der Waals surface area contributed by atoms with Gasteiger partial charge in [0.2, 0.25) is 5.91 Å². The van der Waals surface area contributed by atoms with Crippen molar-refractivity contribution < 1.29 is 4.79 Å². The molecule has 6 nitrogen and oxygen atoms in total. The van der Waals surface area contributed by atoms with Crippen LogP contribution in [0.15, 0.2) is 6.33 Å². The molecule has 0 aliphatic carbocycles. The maximum Gasteiger partial charge on any atom is 0.220 e. The van der Waals surface area contributed by atoms with Crippen molar-refractivity contribution in [2.24, 2.45) is 18.9 Å². The van der Waals surface area contributed by atoms with Gasteiger partial charge in [0.1, 0.15) is 6.33 Å². The Bertz CT molecular complexity index is 439. The Balaban J connectivity index is 1.81. The number of nitrogens with zero attached hydrogens (tertiary/aromatic N) is 3. The Morgan fingerprint density at radius 1 is 1.60 bits per heavy atom. The van der Waals surface area contributed by atoms with Crippen LogP contribution in [0.4, 0.5) is 0 Å². The summed E-state index contributed by atoms with van der Waals surface area (Å²) in [6, 6.07) is -0.105. The molecule has 3 atom stereocenters. The fourth-order valence-corrected chi connectivity index (χ4v) is 2.87. The molecule has 20 heavy (non-hydrogen) atoms. The highest BCUT2D eigenvalue weighted by molar-refractivity contribution is 5.76. The summed E-state index contributed by atoms with van der Waals surface area (Å²) in [5, 5.41) is 14.3. The van der Waals surface area contributed by atoms with Crippen LogP contribution in [0.5, 0.6) is 0 Å². The summed E-state index contributed by atoms with van der Waals surface area (Å²) in [4.78, 5) is 12.1. The van der Waals surface area contributed by atoms with Gasteiger partial charge in [-0.3, -0.25) is 4.79 Å². The van der Waals surface area contributed by atoms with E-state index < -0.39 is 0 Å². The molecule has 1 amide bonds. The zero-order chi connectivity index (χ0) is 14.5. The van der Waals surface area contributed by atoms with Gasteiger partial charge in [-0.15, -0.1) is 10.2 Å². The molecular weight excluding hydrogens is 254 g/mol. The van der Waals surface area contributed by atoms with Gasteiger partial charge in [-0.05, 0) is 44.7 Å². The maximum atomic E-state index is 12.1. The normalized spacial score (nSPS) is 22.2. The van der Waals surface area contributed by atoms with Gasteiger partial charge in [-0.1, -0.05) is 6.92 Å². The number of nitrogens with one attached hydrogen (secondary N) is 2. The fraction of sp³-hybridized carbons (Fsp3) is 0.786. The third-order valence-electron chi connectivity index (χ3n) is 4.16. The summed E-state index contributed by atoms with van der Waals surface area (Å²) in [6.07, 6.45) is 4.66. The summed E-state index contributed by atoms with van der Waals surface area (Å²) in [7, 11) is 1.88. The van der Waals surface area contributed by atoms with Gasteiger partial charge in [-0.25, -0.2) is 0 Å². The van der Waals surface area contributed by atoms with E-state index in [-0.39, 0.29) is 11.9 Å². The van der Waals surface area contributed by atoms with Gasteiger partial charge in [0.05, 0.1) is 6.04 Å². The minimum Gasteiger partial charge on any atom is -0.346 e. The van der Waals surface area contributed by atoms with Crippen LogP contribution in [0.3, 0.4) is 0 Å². The molecule has 6 heteroatoms. The van der Waals surface area contributed by atoms with E-state index in [4.69, 9.17) is 0 Å². The maximum absolute atomic E-state index is 12.1. The van der Waals surface area contributed by atoms with E-state index in [0.717, 1.165) is 18.9 Å². The topological polar surface area (TPSA) is 71.8 Å². The van der Waals surface area contributed by atoms with Crippen LogP contribution in [-0.2, 0) is 11.8 Å². The molecule has 0 spiro atoms. The first-order valence-corrected chi connectivity index (χ1v) is 7.42. The highest BCUT2D eigenvalue weighted by Crippen LogP contribution is 2.22. The Labute approximate surface area is 120 Å². The number of hydrogen-bond acceptors (Lipinski definition) is 4. The average Bonchev–Trinajstić information content (AvgIpc) is 2.86. The van der Waals surface area contributed by atoms with Crippen LogP contribution >= 0.6 is 0 Å². The van der Waals surface area contributed by atoms with E-state index in [1.807, 2.05) is 18.5 Å². The van der Waals surface area contributed by atoms with Crippen LogP contribution in [-0.4, -0.2) is 33.8 Å². The van der Waals surface area contributed by atoms with Gasteiger partial charge >= 0.3 is 0 Å². The molecule has 0 bridgehead atoms. The first-order valence-electron chi connectivity index (χ1n) is 7.42. The van der Waals surface area contributed by atoms with E-state index in [1.54, 1.807) is 6.33 Å². The molecule has 0 radical (unpaired) electrons. The molecule has 1 fully saturated rings. The standard InChI is InChI=1S/C14H25N5O/c1-10(12-5-4-6-15-8-12)7-13(20)17-11(2)14-18-16-9-19(14)3/h9-12,15H,4-8H2,1-3H3,(H,17,20). The predicted molar refractivity (Wildman–Crippen MR) is 76.9 cm³/mol. The molecule has 1 aromatic rings. The molecule has 1 aliphatic rings. The highest BCUT2D eigenvalue weighted by Gasteiger charge is 2.23. The van der Waals surface area contributed by atoms with E-state index in [1.165, 1.54) is 12.8 Å². The lowest BCUT2D eigenvalue weighted by molar-refractivity contribution is -0.123. The van der Waals surface area contributed by atoms with Crippen LogP contribution in [0, 0.1) is 11.8 Å². The molecular formula is C14H25N5O. The fourth-order valence-electron chi connectivity index (χ4n) is 2.87. The number of carbonyl (C=O) groups excluding carboxylic acids is 1. The molecule has 2 heterocycles. The lowest BCUT2D eigenvalue weighted by Crippen LogP contribution is -2.36. The number of amides is 1. The van der Waals surface area contributed by atoms with Crippen LogP contribution in [0.25, 0.3) is 0 Å². The summed E-state index contributed by atoms with van der Waals surface area (Å²) in [5.41, 5.74) is 0. The van der Waals surface area contributed by atoms with Crippen LogP contribution in [0.1, 0.15) is 45.0 Å². The van der Waals surface area contributed by atoms with E-state index in [2.05, 4.69) is 27.8 Å². The second-order valence-corrected chi connectivity index (χ2v) is 5.88. The first-order chi connectivity index (χ1) is 9.58. The van der Waals surface area contributed by atoms with Crippen molar-refractivity contribution in [3.05, 3.63) is 12.2 Å². The zero-order valence-corrected chi connectivity index (χ0v) is 12.6. The Hall–Kier alpha value is -1.43. The molecule has 1 saturated heterocycles. The molecule has 1 aliphatic heterocycles. The van der Waals surface area contributed by atoms with Crippen LogP contribution < -0.4 is 10.6 Å². The Morgan fingerprint density at radius 3 is 3.00 bits per heavy atom. The molecule has 2 rings (SSSR count). The molecule has 3 unspecified atom stereocenters. The predicted octanol–water partition coefficient (Wildman–Crippen LogP) is 1.02. The lowest BCUT2D eigenvalue weighted by atomic mass is 9.85. The molecule has 0 saturated carbocycles. The number of aryl methyl sites for hydroxylation is 1. The van der Waals surface area contributed by atoms with Gasteiger partial charge in [0, 0.05) is 13.5 Å². The quantitative estimate of drug-likeness (QED) is 0.844. The average molecular weight is 279 g/mol. The summed E-state index contributed by atoms with van der Waals surface area (Å²) in [6.45, 7) is 6.25. The van der Waals surface area contributed by atoms with E-state index >= 15 is 0 Å². The van der Waals surface area contributed by atoms with Crippen molar-refractivity contribution in [2.75, 3.05) is 13.1 Å². The van der Waals surface area contributed by atoms with Crippen molar-refractivity contribution in [3.63, 3.8) is 0 Å². The van der Waals surface area contributed by atoms with E-state index in [0.29, 0.717) is 18.3 Å². The number of carbonyl (C=O) groups is 1. The van der Waals surface area contributed by atoms with Gasteiger partial charge in [-0.2, -0.15) is 0 Å². The Kier molecular flexibility index (Phi) is 5.11. The monoisotopic (exact) mass is 279 g/mol. The summed E-state index contributed by atoms with van der Waals surface area (Å²) in [5.74, 6) is 1.90. The lowest BCUT2D eigenvalue weighted by Gasteiger charge is -2.28. The van der Waals surface area contributed by atoms with Crippen molar-refractivity contribution in [3.8, 4) is 0 Å². The Morgan fingerprint density at radius 2 is 2.40 bits per heavy atom. The number of rotatable bonds is 5. The molecule has 112 valence electrons.